The van der Waals surface area contributed by atoms with E-state index in [-0.39, 0.29) is 28.2 Å². The largest absolute Gasteiger partial charge is 1.00 e. The molecule has 142 valence electrons. The fourth-order valence-electron chi connectivity index (χ4n) is 2.32. The number of methoxy groups -OCH3 is 4. The van der Waals surface area contributed by atoms with E-state index in [4.69, 9.17) is 31.6 Å². The average Bonchev–Trinajstić information content (AvgIpc) is 2.65. The Balaban J connectivity index is 0.00000338. The Labute approximate surface area is 174 Å². The van der Waals surface area contributed by atoms with Crippen LogP contribution in [-0.2, 0) is 35.0 Å². The summed E-state index contributed by atoms with van der Waals surface area (Å²) in [6, 6.07) is 8.71. The second-order valence-electron chi connectivity index (χ2n) is 4.99. The van der Waals surface area contributed by atoms with Gasteiger partial charge in [-0.05, 0) is 35.9 Å². The minimum atomic E-state index is -0.268. The molecule has 7 heteroatoms. The van der Waals surface area contributed by atoms with Crippen molar-refractivity contribution >= 4 is 24.5 Å². The molecule has 0 aromatic heterocycles. The number of ketones is 1. The van der Waals surface area contributed by atoms with Crippen LogP contribution in [-0.4, -0.2) is 34.2 Å². The predicted molar refractivity (Wildman–Crippen MR) is 98.1 cm³/mol. The zero-order valence-electron chi connectivity index (χ0n) is 14.8. The van der Waals surface area contributed by atoms with Crippen LogP contribution >= 0.6 is 0 Å². The molecule has 0 spiro atoms. The molecular formula is C19H19AgO5S. The van der Waals surface area contributed by atoms with Crippen LogP contribution in [0.4, 0.5) is 0 Å². The van der Waals surface area contributed by atoms with Crippen LogP contribution in [0.3, 0.4) is 0 Å². The molecule has 5 nitrogen and oxygen atoms in total. The van der Waals surface area contributed by atoms with Gasteiger partial charge in [0, 0.05) is 5.56 Å². The van der Waals surface area contributed by atoms with Gasteiger partial charge in [0.1, 0.15) is 11.5 Å². The molecule has 0 unspecified atom stereocenters. The van der Waals surface area contributed by atoms with Crippen molar-refractivity contribution in [3.05, 3.63) is 47.5 Å². The summed E-state index contributed by atoms with van der Waals surface area (Å²) in [5.41, 5.74) is 1.09. The molecule has 2 aromatic rings. The summed E-state index contributed by atoms with van der Waals surface area (Å²) in [6.45, 7) is 0. The Hall–Kier alpha value is -1.99. The Morgan fingerprint density at radius 1 is 0.846 bits per heavy atom. The van der Waals surface area contributed by atoms with E-state index in [9.17, 15) is 4.79 Å². The monoisotopic (exact) mass is 466 g/mol. The zero-order valence-corrected chi connectivity index (χ0v) is 17.1. The van der Waals surface area contributed by atoms with Crippen molar-refractivity contribution in [2.45, 2.75) is 4.90 Å². The number of carbonyl (C=O) groups excluding carboxylic acids is 1. The fraction of sp³-hybridized carbons (Fsp3) is 0.211. The summed E-state index contributed by atoms with van der Waals surface area (Å²) >= 11 is 5.33. The summed E-state index contributed by atoms with van der Waals surface area (Å²) in [6.07, 6.45) is 3.12. The van der Waals surface area contributed by atoms with Crippen LogP contribution in [0, 0.1) is 0 Å². The van der Waals surface area contributed by atoms with E-state index < -0.39 is 0 Å². The quantitative estimate of drug-likeness (QED) is 0.269. The van der Waals surface area contributed by atoms with Crippen molar-refractivity contribution in [2.75, 3.05) is 28.4 Å². The van der Waals surface area contributed by atoms with Crippen LogP contribution < -0.4 is 18.9 Å². The normalized spacial score (nSPS) is 10.2. The first-order chi connectivity index (χ1) is 12.0. The van der Waals surface area contributed by atoms with Crippen molar-refractivity contribution in [3.8, 4) is 23.0 Å². The fourth-order valence-corrected chi connectivity index (χ4v) is 2.67. The maximum Gasteiger partial charge on any atom is 1.00 e. The summed E-state index contributed by atoms with van der Waals surface area (Å²) in [7, 11) is 6.12. The SMILES string of the molecule is COc1ccc(/C=C/C(=O)c2c(OC)ccc(OC)c2[S-])cc1OC.[Ag+]. The number of carbonyl (C=O) groups is 1. The first-order valence-corrected chi connectivity index (χ1v) is 7.83. The van der Waals surface area contributed by atoms with Crippen LogP contribution in [0.5, 0.6) is 23.0 Å². The molecule has 0 N–H and O–H groups in total. The predicted octanol–water partition coefficient (Wildman–Crippen LogP) is 3.52. The van der Waals surface area contributed by atoms with Gasteiger partial charge in [0.15, 0.2) is 17.3 Å². The molecular weight excluding hydrogens is 448 g/mol. The summed E-state index contributed by atoms with van der Waals surface area (Å²) in [4.78, 5) is 12.9. The second kappa shape index (κ2) is 10.2. The van der Waals surface area contributed by atoms with E-state index in [1.165, 1.54) is 20.3 Å². The molecule has 0 aliphatic carbocycles. The van der Waals surface area contributed by atoms with Crippen molar-refractivity contribution in [1.82, 2.24) is 0 Å². The molecule has 0 fully saturated rings. The number of hydrogen-bond acceptors (Lipinski definition) is 6. The molecule has 0 amide bonds. The third kappa shape index (κ3) is 4.80. The van der Waals surface area contributed by atoms with E-state index in [0.717, 1.165) is 5.56 Å². The Morgan fingerprint density at radius 3 is 1.96 bits per heavy atom. The molecule has 2 aromatic carbocycles. The van der Waals surface area contributed by atoms with Gasteiger partial charge in [-0.25, -0.2) is 0 Å². The first kappa shape index (κ1) is 22.1. The Bertz CT molecular complexity index is 805. The third-order valence-corrected chi connectivity index (χ3v) is 4.01. The standard InChI is InChI=1S/C19H20O5S.Ag/c1-21-14-8-6-12(11-17(14)24-4)5-7-13(20)18-15(22-2)9-10-16(23-3)19(18)25;/h5-11,25H,1-4H3;/q;+1/p-1/b7-5+;. The molecule has 0 atom stereocenters. The van der Waals surface area contributed by atoms with Gasteiger partial charge in [0.2, 0.25) is 0 Å². The van der Waals surface area contributed by atoms with E-state index in [2.05, 4.69) is 0 Å². The van der Waals surface area contributed by atoms with E-state index in [0.29, 0.717) is 33.5 Å². The zero-order chi connectivity index (χ0) is 18.4. The van der Waals surface area contributed by atoms with Gasteiger partial charge < -0.3 is 31.6 Å². The van der Waals surface area contributed by atoms with Crippen molar-refractivity contribution < 1.29 is 46.1 Å². The van der Waals surface area contributed by atoms with Gasteiger partial charge in [-0.15, -0.1) is 4.90 Å². The van der Waals surface area contributed by atoms with Gasteiger partial charge in [-0.2, -0.15) is 0 Å². The molecule has 0 saturated carbocycles. The number of ether oxygens (including phenoxy) is 4. The second-order valence-corrected chi connectivity index (χ2v) is 5.39. The van der Waals surface area contributed by atoms with E-state index in [1.807, 2.05) is 6.07 Å². The van der Waals surface area contributed by atoms with Gasteiger partial charge in [-0.1, -0.05) is 12.1 Å². The average molecular weight is 467 g/mol. The Kier molecular flexibility index (Phi) is 8.68. The topological polar surface area (TPSA) is 54.0 Å². The number of allylic oxidation sites excluding steroid dienone is 1. The summed E-state index contributed by atoms with van der Waals surface area (Å²) in [5, 5.41) is 0. The van der Waals surface area contributed by atoms with Crippen LogP contribution in [0.25, 0.3) is 6.08 Å². The molecule has 0 heterocycles. The van der Waals surface area contributed by atoms with E-state index >= 15 is 0 Å². The first-order valence-electron chi connectivity index (χ1n) is 7.42. The van der Waals surface area contributed by atoms with Crippen molar-refractivity contribution in [3.63, 3.8) is 0 Å². The third-order valence-electron chi connectivity index (χ3n) is 3.60. The van der Waals surface area contributed by atoms with Gasteiger partial charge in [0.25, 0.3) is 0 Å². The molecule has 0 aliphatic heterocycles. The number of hydrogen-bond donors (Lipinski definition) is 0. The van der Waals surface area contributed by atoms with Gasteiger partial charge in [0.05, 0.1) is 28.4 Å². The van der Waals surface area contributed by atoms with E-state index in [1.54, 1.807) is 44.6 Å². The molecule has 0 aliphatic rings. The summed E-state index contributed by atoms with van der Waals surface area (Å²) < 4.78 is 20.9. The molecule has 2 rings (SSSR count). The number of benzene rings is 2. The van der Waals surface area contributed by atoms with Gasteiger partial charge >= 0.3 is 22.4 Å². The minimum absolute atomic E-state index is 0. The van der Waals surface area contributed by atoms with Crippen LogP contribution in [0.15, 0.2) is 41.3 Å². The molecule has 0 radical (unpaired) electrons. The summed E-state index contributed by atoms with van der Waals surface area (Å²) in [5.74, 6) is 1.80. The maximum absolute atomic E-state index is 12.6. The minimum Gasteiger partial charge on any atom is -0.775 e. The maximum atomic E-state index is 12.6. The Morgan fingerprint density at radius 2 is 1.38 bits per heavy atom. The van der Waals surface area contributed by atoms with Crippen molar-refractivity contribution in [2.24, 2.45) is 0 Å². The smallest absolute Gasteiger partial charge is 0.775 e. The van der Waals surface area contributed by atoms with Crippen LogP contribution in [0.2, 0.25) is 0 Å². The van der Waals surface area contributed by atoms with Crippen molar-refractivity contribution in [1.29, 1.82) is 0 Å². The van der Waals surface area contributed by atoms with Crippen LogP contribution in [0.1, 0.15) is 15.9 Å². The molecule has 26 heavy (non-hydrogen) atoms. The van der Waals surface area contributed by atoms with Gasteiger partial charge in [-0.3, -0.25) is 4.79 Å². The number of rotatable bonds is 7. The molecule has 0 saturated heterocycles. The molecule has 0 bridgehead atoms.